The SMILES string of the molecule is [CH]c1cc(F)c([S+](C)[O-])cc1C. The first-order valence-electron chi connectivity index (χ1n) is 3.41. The molecule has 12 heavy (non-hydrogen) atoms. The van der Waals surface area contributed by atoms with Gasteiger partial charge >= 0.3 is 0 Å². The molecule has 0 N–H and O–H groups in total. The van der Waals surface area contributed by atoms with Gasteiger partial charge in [-0.15, -0.1) is 0 Å². The highest BCUT2D eigenvalue weighted by Gasteiger charge is 2.12. The Morgan fingerprint density at radius 3 is 2.58 bits per heavy atom. The van der Waals surface area contributed by atoms with Gasteiger partial charge in [0.1, 0.15) is 6.26 Å². The van der Waals surface area contributed by atoms with Gasteiger partial charge in [0, 0.05) is 0 Å². The van der Waals surface area contributed by atoms with E-state index in [0.717, 1.165) is 5.56 Å². The van der Waals surface area contributed by atoms with Crippen LogP contribution in [0, 0.1) is 19.7 Å². The lowest BCUT2D eigenvalue weighted by Gasteiger charge is -2.07. The van der Waals surface area contributed by atoms with Crippen LogP contribution >= 0.6 is 0 Å². The average Bonchev–Trinajstić information content (AvgIpc) is 1.96. The number of hydrogen-bond acceptors (Lipinski definition) is 1. The summed E-state index contributed by atoms with van der Waals surface area (Å²) in [5, 5.41) is 0. The lowest BCUT2D eigenvalue weighted by Crippen LogP contribution is -2.02. The number of halogens is 1. The maximum atomic E-state index is 13.0. The molecule has 0 aromatic heterocycles. The molecule has 2 radical (unpaired) electrons. The van der Waals surface area contributed by atoms with E-state index in [4.69, 9.17) is 6.92 Å². The first-order chi connectivity index (χ1) is 5.52. The molecule has 1 nitrogen and oxygen atoms in total. The molecule has 1 atom stereocenters. The zero-order valence-electron chi connectivity index (χ0n) is 6.93. The molecule has 0 spiro atoms. The first-order valence-corrected chi connectivity index (χ1v) is 4.97. The highest BCUT2D eigenvalue weighted by atomic mass is 32.2. The topological polar surface area (TPSA) is 23.1 Å². The second kappa shape index (κ2) is 3.46. The van der Waals surface area contributed by atoms with Crippen molar-refractivity contribution in [3.05, 3.63) is 36.0 Å². The molecule has 0 heterocycles. The second-order valence-electron chi connectivity index (χ2n) is 2.59. The van der Waals surface area contributed by atoms with Crippen LogP contribution in [-0.2, 0) is 11.2 Å². The van der Waals surface area contributed by atoms with Crippen LogP contribution in [0.3, 0.4) is 0 Å². The molecule has 0 fully saturated rings. The fourth-order valence-electron chi connectivity index (χ4n) is 0.891. The van der Waals surface area contributed by atoms with Gasteiger partial charge in [0.2, 0.25) is 0 Å². The lowest BCUT2D eigenvalue weighted by molar-refractivity contribution is 0.569. The van der Waals surface area contributed by atoms with Crippen molar-refractivity contribution in [1.82, 2.24) is 0 Å². The summed E-state index contributed by atoms with van der Waals surface area (Å²) in [6.45, 7) is 7.21. The first kappa shape index (κ1) is 9.55. The third-order valence-corrected chi connectivity index (χ3v) is 2.56. The second-order valence-corrected chi connectivity index (χ2v) is 3.94. The molecule has 1 aromatic carbocycles. The van der Waals surface area contributed by atoms with Crippen LogP contribution in [0.2, 0.25) is 0 Å². The summed E-state index contributed by atoms with van der Waals surface area (Å²) >= 11 is -1.29. The predicted molar refractivity (Wildman–Crippen MR) is 46.9 cm³/mol. The summed E-state index contributed by atoms with van der Waals surface area (Å²) in [6, 6.07) is 2.72. The van der Waals surface area contributed by atoms with Gasteiger partial charge in [-0.3, -0.25) is 0 Å². The van der Waals surface area contributed by atoms with E-state index < -0.39 is 17.0 Å². The van der Waals surface area contributed by atoms with Gasteiger partial charge in [0.15, 0.2) is 10.7 Å². The van der Waals surface area contributed by atoms with Crippen LogP contribution in [0.1, 0.15) is 11.1 Å². The molecule has 0 amide bonds. The minimum atomic E-state index is -1.29. The summed E-state index contributed by atoms with van der Waals surface area (Å²) in [5.74, 6) is -0.501. The van der Waals surface area contributed by atoms with Gasteiger partial charge in [-0.1, -0.05) is 0 Å². The van der Waals surface area contributed by atoms with E-state index in [-0.39, 0.29) is 4.90 Å². The molecular formula is C9H9FOS. The minimum Gasteiger partial charge on any atom is -0.612 e. The Bertz CT molecular complexity index is 297. The van der Waals surface area contributed by atoms with E-state index >= 15 is 0 Å². The van der Waals surface area contributed by atoms with E-state index in [9.17, 15) is 8.94 Å². The van der Waals surface area contributed by atoms with Crippen LogP contribution in [-0.4, -0.2) is 10.8 Å². The summed E-state index contributed by atoms with van der Waals surface area (Å²) in [7, 11) is 0. The lowest BCUT2D eigenvalue weighted by atomic mass is 10.1. The molecule has 0 bridgehead atoms. The molecule has 0 saturated carbocycles. The van der Waals surface area contributed by atoms with Gasteiger partial charge < -0.3 is 4.55 Å². The van der Waals surface area contributed by atoms with Gasteiger partial charge in [-0.2, -0.15) is 0 Å². The van der Waals surface area contributed by atoms with Gasteiger partial charge in [0.25, 0.3) is 0 Å². The molecule has 64 valence electrons. The summed E-state index contributed by atoms with van der Waals surface area (Å²) in [6.07, 6.45) is 1.44. The standard InChI is InChI=1S/C9H9FOS/c1-6-4-8(10)9(12(3)11)5-7(6)2/h1,4-5H,2-3H3. The minimum absolute atomic E-state index is 0.210. The molecule has 0 aliphatic carbocycles. The highest BCUT2D eigenvalue weighted by molar-refractivity contribution is 7.90. The van der Waals surface area contributed by atoms with Crippen LogP contribution in [0.5, 0.6) is 0 Å². The number of aryl methyl sites for hydroxylation is 1. The number of benzene rings is 1. The summed E-state index contributed by atoms with van der Waals surface area (Å²) < 4.78 is 24.0. The van der Waals surface area contributed by atoms with E-state index in [1.807, 2.05) is 0 Å². The van der Waals surface area contributed by atoms with Crippen molar-refractivity contribution in [3.8, 4) is 0 Å². The normalized spacial score (nSPS) is 13.1. The molecule has 1 rings (SSSR count). The van der Waals surface area contributed by atoms with Crippen LogP contribution in [0.25, 0.3) is 0 Å². The molecule has 0 saturated heterocycles. The third kappa shape index (κ3) is 1.79. The van der Waals surface area contributed by atoms with Crippen molar-refractivity contribution in [2.75, 3.05) is 6.26 Å². The molecule has 1 unspecified atom stereocenters. The summed E-state index contributed by atoms with van der Waals surface area (Å²) in [4.78, 5) is 0.210. The fourth-order valence-corrected chi connectivity index (χ4v) is 1.57. The van der Waals surface area contributed by atoms with Gasteiger partial charge in [-0.25, -0.2) is 4.39 Å². The molecular weight excluding hydrogens is 175 g/mol. The van der Waals surface area contributed by atoms with E-state index in [1.165, 1.54) is 18.4 Å². The average molecular weight is 184 g/mol. The van der Waals surface area contributed by atoms with Crippen molar-refractivity contribution < 1.29 is 8.94 Å². The van der Waals surface area contributed by atoms with Crippen molar-refractivity contribution >= 4 is 11.2 Å². The zero-order chi connectivity index (χ0) is 9.30. The van der Waals surface area contributed by atoms with Gasteiger partial charge in [-0.05, 0) is 48.3 Å². The molecule has 1 aromatic rings. The Morgan fingerprint density at radius 2 is 2.08 bits per heavy atom. The predicted octanol–water partition coefficient (Wildman–Crippen LogP) is 1.93. The number of hydrogen-bond donors (Lipinski definition) is 0. The van der Waals surface area contributed by atoms with E-state index in [2.05, 4.69) is 0 Å². The quantitative estimate of drug-likeness (QED) is 0.611. The monoisotopic (exact) mass is 184 g/mol. The Hall–Kier alpha value is -0.540. The van der Waals surface area contributed by atoms with Crippen molar-refractivity contribution in [1.29, 1.82) is 0 Å². The maximum Gasteiger partial charge on any atom is 0.188 e. The Balaban J connectivity index is 3.23. The Morgan fingerprint density at radius 1 is 1.50 bits per heavy atom. The summed E-state index contributed by atoms with van der Waals surface area (Å²) in [5.41, 5.74) is 1.14. The zero-order valence-corrected chi connectivity index (χ0v) is 7.74. The molecule has 0 aliphatic rings. The van der Waals surface area contributed by atoms with Crippen molar-refractivity contribution in [2.24, 2.45) is 0 Å². The van der Waals surface area contributed by atoms with E-state index in [1.54, 1.807) is 6.92 Å². The maximum absolute atomic E-state index is 13.0. The highest BCUT2D eigenvalue weighted by Crippen LogP contribution is 2.18. The van der Waals surface area contributed by atoms with Gasteiger partial charge in [0.05, 0.1) is 0 Å². The number of rotatable bonds is 1. The third-order valence-electron chi connectivity index (χ3n) is 1.63. The largest absolute Gasteiger partial charge is 0.612 e. The van der Waals surface area contributed by atoms with Crippen LogP contribution in [0.4, 0.5) is 4.39 Å². The van der Waals surface area contributed by atoms with E-state index in [0.29, 0.717) is 5.56 Å². The molecule has 0 aliphatic heterocycles. The van der Waals surface area contributed by atoms with Crippen LogP contribution in [0.15, 0.2) is 17.0 Å². The smallest absolute Gasteiger partial charge is 0.188 e. The van der Waals surface area contributed by atoms with Crippen molar-refractivity contribution in [3.63, 3.8) is 0 Å². The Labute approximate surface area is 74.8 Å². The Kier molecular flexibility index (Phi) is 2.75. The van der Waals surface area contributed by atoms with Crippen LogP contribution < -0.4 is 0 Å². The molecule has 3 heteroatoms. The fraction of sp³-hybridized carbons (Fsp3) is 0.222. The van der Waals surface area contributed by atoms with Crippen molar-refractivity contribution in [2.45, 2.75) is 11.8 Å².